The summed E-state index contributed by atoms with van der Waals surface area (Å²) >= 11 is 0. The van der Waals surface area contributed by atoms with E-state index in [1.807, 2.05) is 0 Å². The van der Waals surface area contributed by atoms with E-state index in [1.54, 1.807) is 12.1 Å². The molecule has 1 aromatic heterocycles. The first-order valence-corrected chi connectivity index (χ1v) is 8.25. The maximum Gasteiger partial charge on any atom is 0.573 e. The Morgan fingerprint density at radius 2 is 1.93 bits per heavy atom. The number of hydrogen-bond donors (Lipinski definition) is 2. The van der Waals surface area contributed by atoms with E-state index in [-0.39, 0.29) is 18.0 Å². The number of hydrogen-bond acceptors (Lipinski definition) is 4. The molecule has 0 saturated heterocycles. The standard InChI is InChI=1S/C18H17F4N3O2/c1-10(26)24-13-7-14(8-13)25-12-4-5-23-16(9-12)11-2-3-17(15(19)6-11)27-18(20,21)22/h2-6,9,13-14H,7-8H2,1H3,(H,23,25)(H,24,26)/t13-,14+. The van der Waals surface area contributed by atoms with Crippen molar-refractivity contribution in [2.75, 3.05) is 5.32 Å². The number of rotatable bonds is 5. The van der Waals surface area contributed by atoms with Gasteiger partial charge in [0.1, 0.15) is 0 Å². The molecule has 3 rings (SSSR count). The van der Waals surface area contributed by atoms with Gasteiger partial charge in [0.05, 0.1) is 5.69 Å². The number of anilines is 1. The normalized spacial score (nSPS) is 19.1. The van der Waals surface area contributed by atoms with Gasteiger partial charge in [0.25, 0.3) is 0 Å². The summed E-state index contributed by atoms with van der Waals surface area (Å²) in [5, 5.41) is 6.13. The van der Waals surface area contributed by atoms with Gasteiger partial charge in [0.15, 0.2) is 11.6 Å². The molecule has 0 unspecified atom stereocenters. The molecule has 1 fully saturated rings. The van der Waals surface area contributed by atoms with Crippen LogP contribution in [-0.4, -0.2) is 29.3 Å². The Labute approximate surface area is 152 Å². The van der Waals surface area contributed by atoms with Crippen molar-refractivity contribution in [2.24, 2.45) is 0 Å². The van der Waals surface area contributed by atoms with E-state index in [9.17, 15) is 22.4 Å². The Hall–Kier alpha value is -2.84. The highest BCUT2D eigenvalue weighted by atomic mass is 19.4. The molecular formula is C18H17F4N3O2. The van der Waals surface area contributed by atoms with E-state index < -0.39 is 17.9 Å². The molecule has 144 valence electrons. The zero-order valence-electron chi connectivity index (χ0n) is 14.3. The number of aromatic nitrogens is 1. The molecule has 5 nitrogen and oxygen atoms in total. The number of benzene rings is 1. The highest BCUT2D eigenvalue weighted by Gasteiger charge is 2.32. The van der Waals surface area contributed by atoms with Crippen LogP contribution in [0.25, 0.3) is 11.3 Å². The van der Waals surface area contributed by atoms with Gasteiger partial charge in [-0.1, -0.05) is 0 Å². The zero-order valence-corrected chi connectivity index (χ0v) is 14.3. The van der Waals surface area contributed by atoms with Gasteiger partial charge in [0.2, 0.25) is 5.91 Å². The molecule has 0 atom stereocenters. The smallest absolute Gasteiger partial charge is 0.403 e. The number of halogens is 4. The molecule has 0 bridgehead atoms. The number of carbonyl (C=O) groups is 1. The van der Waals surface area contributed by atoms with Gasteiger partial charge in [-0.05, 0) is 43.2 Å². The minimum atomic E-state index is -4.96. The maximum atomic E-state index is 13.9. The molecule has 0 aliphatic heterocycles. The summed E-state index contributed by atoms with van der Waals surface area (Å²) in [5.41, 5.74) is 1.49. The maximum absolute atomic E-state index is 13.9. The highest BCUT2D eigenvalue weighted by Crippen LogP contribution is 2.30. The summed E-state index contributed by atoms with van der Waals surface area (Å²) in [4.78, 5) is 15.1. The summed E-state index contributed by atoms with van der Waals surface area (Å²) in [7, 11) is 0. The van der Waals surface area contributed by atoms with Crippen molar-refractivity contribution in [1.29, 1.82) is 0 Å². The SMILES string of the molecule is CC(=O)N[C@H]1C[C@@H](Nc2ccnc(-c3ccc(OC(F)(F)F)c(F)c3)c2)C1. The summed E-state index contributed by atoms with van der Waals surface area (Å²) < 4.78 is 54.2. The summed E-state index contributed by atoms with van der Waals surface area (Å²) in [6.07, 6.45) is -1.85. The molecule has 1 aliphatic rings. The molecule has 9 heteroatoms. The van der Waals surface area contributed by atoms with E-state index in [1.165, 1.54) is 19.2 Å². The molecule has 0 radical (unpaired) electrons. The van der Waals surface area contributed by atoms with Crippen LogP contribution < -0.4 is 15.4 Å². The lowest BCUT2D eigenvalue weighted by molar-refractivity contribution is -0.275. The molecule has 1 aromatic carbocycles. The molecule has 1 aliphatic carbocycles. The number of nitrogens with zero attached hydrogens (tertiary/aromatic N) is 1. The summed E-state index contributed by atoms with van der Waals surface area (Å²) in [5.74, 6) is -2.08. The van der Waals surface area contributed by atoms with E-state index in [0.717, 1.165) is 30.7 Å². The van der Waals surface area contributed by atoms with Crippen LogP contribution in [-0.2, 0) is 4.79 Å². The molecule has 2 N–H and O–H groups in total. The third-order valence-corrected chi connectivity index (χ3v) is 4.13. The van der Waals surface area contributed by atoms with Crippen molar-refractivity contribution < 1.29 is 27.1 Å². The van der Waals surface area contributed by atoms with E-state index in [2.05, 4.69) is 20.4 Å². The van der Waals surface area contributed by atoms with E-state index >= 15 is 0 Å². The number of alkyl halides is 3. The fourth-order valence-electron chi connectivity index (χ4n) is 2.92. The van der Waals surface area contributed by atoms with Gasteiger partial charge in [0, 0.05) is 36.5 Å². The molecule has 0 spiro atoms. The Morgan fingerprint density at radius 1 is 1.19 bits per heavy atom. The second kappa shape index (κ2) is 7.42. The molecule has 27 heavy (non-hydrogen) atoms. The minimum absolute atomic E-state index is 0.0652. The van der Waals surface area contributed by atoms with Crippen LogP contribution in [0.5, 0.6) is 5.75 Å². The Bertz CT molecular complexity index is 836. The largest absolute Gasteiger partial charge is 0.573 e. The minimum Gasteiger partial charge on any atom is -0.403 e. The van der Waals surface area contributed by atoms with Crippen LogP contribution in [0.3, 0.4) is 0 Å². The fourth-order valence-corrected chi connectivity index (χ4v) is 2.92. The highest BCUT2D eigenvalue weighted by molar-refractivity contribution is 5.73. The molecule has 1 saturated carbocycles. The number of ether oxygens (including phenoxy) is 1. The van der Waals surface area contributed by atoms with Crippen molar-refractivity contribution in [2.45, 2.75) is 38.2 Å². The average molecular weight is 383 g/mol. The first-order chi connectivity index (χ1) is 12.7. The Morgan fingerprint density at radius 3 is 2.56 bits per heavy atom. The van der Waals surface area contributed by atoms with Crippen LogP contribution in [0.2, 0.25) is 0 Å². The van der Waals surface area contributed by atoms with E-state index in [0.29, 0.717) is 11.3 Å². The monoisotopic (exact) mass is 383 g/mol. The van der Waals surface area contributed by atoms with Gasteiger partial charge in [-0.25, -0.2) is 4.39 Å². The van der Waals surface area contributed by atoms with Crippen molar-refractivity contribution in [3.05, 3.63) is 42.3 Å². The van der Waals surface area contributed by atoms with Crippen molar-refractivity contribution in [1.82, 2.24) is 10.3 Å². The number of nitrogens with one attached hydrogen (secondary N) is 2. The molecule has 1 amide bonds. The van der Waals surface area contributed by atoms with Crippen LogP contribution in [0, 0.1) is 5.82 Å². The zero-order chi connectivity index (χ0) is 19.6. The van der Waals surface area contributed by atoms with Crippen LogP contribution in [0.15, 0.2) is 36.5 Å². The lowest BCUT2D eigenvalue weighted by Crippen LogP contribution is -2.49. The van der Waals surface area contributed by atoms with Crippen LogP contribution >= 0.6 is 0 Å². The van der Waals surface area contributed by atoms with Gasteiger partial charge < -0.3 is 15.4 Å². The number of amides is 1. The van der Waals surface area contributed by atoms with Crippen LogP contribution in [0.4, 0.5) is 23.2 Å². The first-order valence-electron chi connectivity index (χ1n) is 8.25. The van der Waals surface area contributed by atoms with Crippen molar-refractivity contribution in [3.63, 3.8) is 0 Å². The van der Waals surface area contributed by atoms with Gasteiger partial charge in [-0.2, -0.15) is 0 Å². The Kier molecular flexibility index (Phi) is 5.20. The van der Waals surface area contributed by atoms with Gasteiger partial charge >= 0.3 is 6.36 Å². The summed E-state index contributed by atoms with van der Waals surface area (Å²) in [6, 6.07) is 6.95. The predicted octanol–water partition coefficient (Wildman–Crippen LogP) is 3.87. The Balaban J connectivity index is 1.67. The predicted molar refractivity (Wildman–Crippen MR) is 90.6 cm³/mol. The first kappa shape index (κ1) is 18.9. The quantitative estimate of drug-likeness (QED) is 0.770. The van der Waals surface area contributed by atoms with Crippen molar-refractivity contribution >= 4 is 11.6 Å². The van der Waals surface area contributed by atoms with Crippen molar-refractivity contribution in [3.8, 4) is 17.0 Å². The average Bonchev–Trinajstić information content (AvgIpc) is 2.53. The van der Waals surface area contributed by atoms with Gasteiger partial charge in [-0.15, -0.1) is 13.2 Å². The lowest BCUT2D eigenvalue weighted by Gasteiger charge is -2.36. The third kappa shape index (κ3) is 5.08. The van der Waals surface area contributed by atoms with E-state index in [4.69, 9.17) is 0 Å². The second-order valence-corrected chi connectivity index (χ2v) is 6.33. The second-order valence-electron chi connectivity index (χ2n) is 6.33. The van der Waals surface area contributed by atoms with Crippen LogP contribution in [0.1, 0.15) is 19.8 Å². The number of carbonyl (C=O) groups excluding carboxylic acids is 1. The number of pyridine rings is 1. The summed E-state index contributed by atoms with van der Waals surface area (Å²) in [6.45, 7) is 1.47. The molecule has 1 heterocycles. The molecule has 2 aromatic rings. The molecular weight excluding hydrogens is 366 g/mol. The van der Waals surface area contributed by atoms with Gasteiger partial charge in [-0.3, -0.25) is 9.78 Å². The topological polar surface area (TPSA) is 63.2 Å². The lowest BCUT2D eigenvalue weighted by atomic mass is 9.86. The third-order valence-electron chi connectivity index (χ3n) is 4.13. The fraction of sp³-hybridized carbons (Fsp3) is 0.333.